The first-order chi connectivity index (χ1) is 8.58. The zero-order valence-corrected chi connectivity index (χ0v) is 12.0. The van der Waals surface area contributed by atoms with Crippen molar-refractivity contribution in [1.29, 1.82) is 0 Å². The SMILES string of the molecule is Cc1sc(/C=C(\c2ccccc2)[N+](=O)[O-])cc1Br. The zero-order valence-electron chi connectivity index (χ0n) is 9.59. The van der Waals surface area contributed by atoms with Gasteiger partial charge in [0.25, 0.3) is 5.70 Å². The Morgan fingerprint density at radius 3 is 2.56 bits per heavy atom. The van der Waals surface area contributed by atoms with Gasteiger partial charge in [-0.25, -0.2) is 0 Å². The molecule has 0 aliphatic carbocycles. The van der Waals surface area contributed by atoms with Gasteiger partial charge >= 0.3 is 0 Å². The fraction of sp³-hybridized carbons (Fsp3) is 0.0769. The quantitative estimate of drug-likeness (QED) is 0.612. The van der Waals surface area contributed by atoms with Crippen molar-refractivity contribution in [3.63, 3.8) is 0 Å². The molecule has 0 aliphatic heterocycles. The van der Waals surface area contributed by atoms with E-state index in [0.717, 1.165) is 14.2 Å². The van der Waals surface area contributed by atoms with E-state index in [1.165, 1.54) is 11.3 Å². The van der Waals surface area contributed by atoms with Crippen LogP contribution in [-0.2, 0) is 0 Å². The molecule has 0 bridgehead atoms. The lowest BCUT2D eigenvalue weighted by Gasteiger charge is -1.97. The van der Waals surface area contributed by atoms with Gasteiger partial charge < -0.3 is 0 Å². The maximum Gasteiger partial charge on any atom is 0.277 e. The van der Waals surface area contributed by atoms with Gasteiger partial charge in [-0.2, -0.15) is 0 Å². The summed E-state index contributed by atoms with van der Waals surface area (Å²) < 4.78 is 0.981. The fourth-order valence-electron chi connectivity index (χ4n) is 1.54. The van der Waals surface area contributed by atoms with Crippen molar-refractivity contribution >= 4 is 39.0 Å². The van der Waals surface area contributed by atoms with E-state index in [1.807, 2.05) is 19.1 Å². The second kappa shape index (κ2) is 5.46. The Labute approximate surface area is 117 Å². The number of hydrogen-bond donors (Lipinski definition) is 0. The largest absolute Gasteiger partial charge is 0.277 e. The lowest BCUT2D eigenvalue weighted by molar-refractivity contribution is -0.374. The van der Waals surface area contributed by atoms with Crippen LogP contribution in [0.5, 0.6) is 0 Å². The van der Waals surface area contributed by atoms with Crippen LogP contribution in [0.15, 0.2) is 40.9 Å². The molecule has 0 amide bonds. The van der Waals surface area contributed by atoms with Gasteiger partial charge in [0, 0.05) is 20.3 Å². The first kappa shape index (κ1) is 13.0. The Balaban J connectivity index is 2.46. The average Bonchev–Trinajstić information content (AvgIpc) is 2.66. The predicted octanol–water partition coefficient (Wildman–Crippen LogP) is 4.59. The van der Waals surface area contributed by atoms with Gasteiger partial charge in [-0.1, -0.05) is 18.2 Å². The zero-order chi connectivity index (χ0) is 13.1. The first-order valence-electron chi connectivity index (χ1n) is 5.25. The maximum absolute atomic E-state index is 11.1. The highest BCUT2D eigenvalue weighted by atomic mass is 79.9. The van der Waals surface area contributed by atoms with E-state index in [9.17, 15) is 10.1 Å². The van der Waals surface area contributed by atoms with E-state index in [4.69, 9.17) is 0 Å². The van der Waals surface area contributed by atoms with Crippen LogP contribution in [0.2, 0.25) is 0 Å². The second-order valence-corrected chi connectivity index (χ2v) is 5.85. The predicted molar refractivity (Wildman–Crippen MR) is 78.1 cm³/mol. The van der Waals surface area contributed by atoms with Gasteiger partial charge in [0.1, 0.15) is 0 Å². The molecule has 0 saturated carbocycles. The minimum absolute atomic E-state index is 0.115. The Morgan fingerprint density at radius 1 is 1.39 bits per heavy atom. The molecule has 3 nitrogen and oxygen atoms in total. The molecule has 5 heteroatoms. The number of hydrogen-bond acceptors (Lipinski definition) is 3. The molecular formula is C13H10BrNO2S. The third kappa shape index (κ3) is 2.86. The number of benzene rings is 1. The minimum atomic E-state index is -0.349. The topological polar surface area (TPSA) is 43.1 Å². The summed E-state index contributed by atoms with van der Waals surface area (Å²) in [5.41, 5.74) is 0.731. The van der Waals surface area contributed by atoms with Crippen molar-refractivity contribution in [1.82, 2.24) is 0 Å². The second-order valence-electron chi connectivity index (χ2n) is 3.71. The van der Waals surface area contributed by atoms with Gasteiger partial charge in [0.05, 0.1) is 10.5 Å². The van der Waals surface area contributed by atoms with Gasteiger partial charge in [-0.05, 0) is 41.1 Å². The molecule has 1 aromatic carbocycles. The van der Waals surface area contributed by atoms with Gasteiger partial charge in [-0.15, -0.1) is 11.3 Å². The number of halogens is 1. The number of aryl methyl sites for hydroxylation is 1. The van der Waals surface area contributed by atoms with Crippen molar-refractivity contribution < 1.29 is 4.92 Å². The molecule has 1 aromatic heterocycles. The Bertz CT molecular complexity index is 585. The standard InChI is InChI=1S/C13H10BrNO2S/c1-9-12(14)7-11(18-9)8-13(15(16)17)10-5-3-2-4-6-10/h2-8H,1H3/b13-8+. The smallest absolute Gasteiger partial charge is 0.258 e. The fourth-order valence-corrected chi connectivity index (χ4v) is 3.04. The molecule has 1 heterocycles. The summed E-state index contributed by atoms with van der Waals surface area (Å²) in [7, 11) is 0. The van der Waals surface area contributed by atoms with Crippen LogP contribution in [0.4, 0.5) is 0 Å². The molecule has 0 N–H and O–H groups in total. The van der Waals surface area contributed by atoms with E-state index in [-0.39, 0.29) is 10.6 Å². The molecule has 0 atom stereocenters. The summed E-state index contributed by atoms with van der Waals surface area (Å²) in [5, 5.41) is 11.1. The number of nitro groups is 1. The summed E-state index contributed by atoms with van der Waals surface area (Å²) in [5.74, 6) is 0. The molecule has 0 saturated heterocycles. The van der Waals surface area contributed by atoms with Crippen LogP contribution >= 0.6 is 27.3 Å². The van der Waals surface area contributed by atoms with E-state index >= 15 is 0 Å². The van der Waals surface area contributed by atoms with Crippen LogP contribution in [-0.4, -0.2) is 4.92 Å². The molecular weight excluding hydrogens is 314 g/mol. The Kier molecular flexibility index (Phi) is 3.93. The van der Waals surface area contributed by atoms with Crippen LogP contribution in [0.3, 0.4) is 0 Å². The molecule has 0 unspecified atom stereocenters. The molecule has 0 radical (unpaired) electrons. The highest BCUT2D eigenvalue weighted by molar-refractivity contribution is 9.10. The van der Waals surface area contributed by atoms with Crippen molar-refractivity contribution in [2.24, 2.45) is 0 Å². The van der Waals surface area contributed by atoms with Gasteiger partial charge in [0.15, 0.2) is 0 Å². The van der Waals surface area contributed by atoms with Crippen molar-refractivity contribution in [3.05, 3.63) is 66.3 Å². The van der Waals surface area contributed by atoms with E-state index in [0.29, 0.717) is 5.56 Å². The molecule has 0 spiro atoms. The summed E-state index contributed by atoms with van der Waals surface area (Å²) in [6, 6.07) is 10.8. The lowest BCUT2D eigenvalue weighted by Crippen LogP contribution is -1.96. The molecule has 0 aliphatic rings. The maximum atomic E-state index is 11.1. The minimum Gasteiger partial charge on any atom is -0.258 e. The highest BCUT2D eigenvalue weighted by Crippen LogP contribution is 2.29. The first-order valence-corrected chi connectivity index (χ1v) is 6.86. The summed E-state index contributed by atoms with van der Waals surface area (Å²) in [6.45, 7) is 1.97. The number of thiophene rings is 1. The Morgan fingerprint density at radius 2 is 2.06 bits per heavy atom. The average molecular weight is 324 g/mol. The molecule has 2 rings (SSSR count). The van der Waals surface area contributed by atoms with Crippen molar-refractivity contribution in [3.8, 4) is 0 Å². The van der Waals surface area contributed by atoms with E-state index in [1.54, 1.807) is 30.3 Å². The highest BCUT2D eigenvalue weighted by Gasteiger charge is 2.14. The van der Waals surface area contributed by atoms with Gasteiger partial charge in [0.2, 0.25) is 0 Å². The third-order valence-corrected chi connectivity index (χ3v) is 4.51. The normalized spacial score (nSPS) is 11.6. The van der Waals surface area contributed by atoms with Crippen LogP contribution < -0.4 is 0 Å². The molecule has 18 heavy (non-hydrogen) atoms. The van der Waals surface area contributed by atoms with Crippen LogP contribution in [0, 0.1) is 17.0 Å². The Hall–Kier alpha value is -1.46. The van der Waals surface area contributed by atoms with Crippen LogP contribution in [0.1, 0.15) is 15.3 Å². The summed E-state index contributed by atoms with van der Waals surface area (Å²) in [6.07, 6.45) is 1.61. The monoisotopic (exact) mass is 323 g/mol. The van der Waals surface area contributed by atoms with Gasteiger partial charge in [-0.3, -0.25) is 10.1 Å². The molecule has 92 valence electrons. The molecule has 0 fully saturated rings. The number of rotatable bonds is 3. The summed E-state index contributed by atoms with van der Waals surface area (Å²) in [4.78, 5) is 12.8. The van der Waals surface area contributed by atoms with E-state index < -0.39 is 0 Å². The lowest BCUT2D eigenvalue weighted by atomic mass is 10.1. The third-order valence-electron chi connectivity index (χ3n) is 2.42. The van der Waals surface area contributed by atoms with E-state index in [2.05, 4.69) is 15.9 Å². The van der Waals surface area contributed by atoms with Crippen molar-refractivity contribution in [2.75, 3.05) is 0 Å². The number of nitrogens with zero attached hydrogens (tertiary/aromatic N) is 1. The van der Waals surface area contributed by atoms with Crippen molar-refractivity contribution in [2.45, 2.75) is 6.92 Å². The summed E-state index contributed by atoms with van der Waals surface area (Å²) >= 11 is 4.94. The van der Waals surface area contributed by atoms with Crippen LogP contribution in [0.25, 0.3) is 11.8 Å². The molecule has 2 aromatic rings.